The van der Waals surface area contributed by atoms with E-state index in [0.29, 0.717) is 18.1 Å². The number of aromatic nitrogens is 3. The SMILES string of the molecule is CCOCc1nc2ccc(C(F)(F)F)cn2n1. The van der Waals surface area contributed by atoms with Gasteiger partial charge in [0.25, 0.3) is 0 Å². The molecule has 2 aromatic heterocycles. The minimum Gasteiger partial charge on any atom is -0.374 e. The third-order valence-electron chi connectivity index (χ3n) is 2.14. The first-order valence-electron chi connectivity index (χ1n) is 5.01. The highest BCUT2D eigenvalue weighted by Crippen LogP contribution is 2.28. The van der Waals surface area contributed by atoms with Crippen molar-refractivity contribution in [3.63, 3.8) is 0 Å². The Morgan fingerprint density at radius 2 is 2.12 bits per heavy atom. The fourth-order valence-corrected chi connectivity index (χ4v) is 1.35. The van der Waals surface area contributed by atoms with E-state index in [1.165, 1.54) is 6.07 Å². The molecule has 17 heavy (non-hydrogen) atoms. The lowest BCUT2D eigenvalue weighted by Gasteiger charge is -2.05. The molecular formula is C10H10F3N3O. The molecule has 0 fully saturated rings. The molecule has 2 rings (SSSR count). The Bertz CT molecular complexity index is 521. The van der Waals surface area contributed by atoms with Crippen molar-refractivity contribution in [1.29, 1.82) is 0 Å². The van der Waals surface area contributed by atoms with Crippen molar-refractivity contribution in [2.75, 3.05) is 6.61 Å². The Balaban J connectivity index is 2.34. The van der Waals surface area contributed by atoms with Gasteiger partial charge in [-0.2, -0.15) is 13.2 Å². The van der Waals surface area contributed by atoms with Crippen LogP contribution in [0.25, 0.3) is 5.65 Å². The lowest BCUT2D eigenvalue weighted by Crippen LogP contribution is -2.06. The van der Waals surface area contributed by atoms with Gasteiger partial charge in [0.15, 0.2) is 11.5 Å². The molecule has 0 amide bonds. The van der Waals surface area contributed by atoms with Gasteiger partial charge in [0, 0.05) is 12.8 Å². The summed E-state index contributed by atoms with van der Waals surface area (Å²) in [5.41, 5.74) is -0.384. The normalized spacial score (nSPS) is 12.2. The number of hydrogen-bond donors (Lipinski definition) is 0. The molecule has 0 saturated heterocycles. The van der Waals surface area contributed by atoms with E-state index in [2.05, 4.69) is 10.1 Å². The van der Waals surface area contributed by atoms with Crippen LogP contribution in [-0.4, -0.2) is 21.2 Å². The monoisotopic (exact) mass is 245 g/mol. The molecule has 92 valence electrons. The van der Waals surface area contributed by atoms with Gasteiger partial charge >= 0.3 is 6.18 Å². The van der Waals surface area contributed by atoms with Crippen LogP contribution in [0.5, 0.6) is 0 Å². The van der Waals surface area contributed by atoms with Gasteiger partial charge in [-0.05, 0) is 19.1 Å². The molecule has 0 N–H and O–H groups in total. The van der Waals surface area contributed by atoms with Gasteiger partial charge in [0.2, 0.25) is 0 Å². The number of pyridine rings is 1. The number of halogens is 3. The van der Waals surface area contributed by atoms with Gasteiger partial charge in [0.1, 0.15) is 6.61 Å². The number of alkyl halides is 3. The minimum absolute atomic E-state index is 0.194. The first-order valence-corrected chi connectivity index (χ1v) is 5.01. The molecule has 0 spiro atoms. The molecule has 0 radical (unpaired) electrons. The first-order chi connectivity index (χ1) is 8.00. The van der Waals surface area contributed by atoms with Crippen LogP contribution in [0.2, 0.25) is 0 Å². The van der Waals surface area contributed by atoms with E-state index in [9.17, 15) is 13.2 Å². The predicted octanol–water partition coefficient (Wildman–Crippen LogP) is 2.28. The van der Waals surface area contributed by atoms with Crippen LogP contribution in [0.1, 0.15) is 18.3 Å². The van der Waals surface area contributed by atoms with Crippen LogP contribution >= 0.6 is 0 Å². The fraction of sp³-hybridized carbons (Fsp3) is 0.400. The molecule has 0 bridgehead atoms. The zero-order valence-electron chi connectivity index (χ0n) is 9.03. The van der Waals surface area contributed by atoms with Gasteiger partial charge in [0.05, 0.1) is 5.56 Å². The van der Waals surface area contributed by atoms with E-state index in [0.717, 1.165) is 16.8 Å². The van der Waals surface area contributed by atoms with Crippen LogP contribution in [0, 0.1) is 0 Å². The van der Waals surface area contributed by atoms with Crippen LogP contribution in [0.4, 0.5) is 13.2 Å². The Morgan fingerprint density at radius 1 is 1.35 bits per heavy atom. The van der Waals surface area contributed by atoms with Crippen LogP contribution in [-0.2, 0) is 17.5 Å². The summed E-state index contributed by atoms with van der Waals surface area (Å²) in [6.07, 6.45) is -3.46. The fourth-order valence-electron chi connectivity index (χ4n) is 1.35. The average Bonchev–Trinajstić information content (AvgIpc) is 2.66. The molecule has 0 aromatic carbocycles. The molecule has 2 heterocycles. The molecule has 0 unspecified atom stereocenters. The lowest BCUT2D eigenvalue weighted by molar-refractivity contribution is -0.137. The molecule has 0 saturated carbocycles. The summed E-state index contributed by atoms with van der Waals surface area (Å²) in [5, 5.41) is 3.90. The number of ether oxygens (including phenoxy) is 1. The first kappa shape index (κ1) is 11.8. The minimum atomic E-state index is -4.37. The van der Waals surface area contributed by atoms with E-state index < -0.39 is 11.7 Å². The molecule has 0 aliphatic carbocycles. The standard InChI is InChI=1S/C10H10F3N3O/c1-2-17-6-8-14-9-4-3-7(10(11,12)13)5-16(9)15-8/h3-5H,2,6H2,1H3. The second kappa shape index (κ2) is 4.33. The Labute approximate surface area is 95.0 Å². The topological polar surface area (TPSA) is 39.4 Å². The zero-order chi connectivity index (χ0) is 12.5. The lowest BCUT2D eigenvalue weighted by atomic mass is 10.3. The molecule has 4 nitrogen and oxygen atoms in total. The molecule has 7 heteroatoms. The highest BCUT2D eigenvalue weighted by atomic mass is 19.4. The Kier molecular flexibility index (Phi) is 3.01. The highest BCUT2D eigenvalue weighted by Gasteiger charge is 2.31. The summed E-state index contributed by atoms with van der Waals surface area (Å²) in [6, 6.07) is 2.26. The predicted molar refractivity (Wildman–Crippen MR) is 53.3 cm³/mol. The van der Waals surface area contributed by atoms with E-state index in [4.69, 9.17) is 4.74 Å². The third kappa shape index (κ3) is 2.55. The number of rotatable bonds is 3. The van der Waals surface area contributed by atoms with Crippen LogP contribution in [0.3, 0.4) is 0 Å². The zero-order valence-corrected chi connectivity index (χ0v) is 9.03. The summed E-state index contributed by atoms with van der Waals surface area (Å²) in [5.74, 6) is 0.367. The maximum Gasteiger partial charge on any atom is 0.417 e. The Morgan fingerprint density at radius 3 is 2.76 bits per heavy atom. The summed E-state index contributed by atoms with van der Waals surface area (Å²) >= 11 is 0. The van der Waals surface area contributed by atoms with E-state index in [-0.39, 0.29) is 6.61 Å². The second-order valence-electron chi connectivity index (χ2n) is 3.38. The van der Waals surface area contributed by atoms with Crippen molar-refractivity contribution in [1.82, 2.24) is 14.6 Å². The van der Waals surface area contributed by atoms with Crippen molar-refractivity contribution in [2.45, 2.75) is 19.7 Å². The summed E-state index contributed by atoms with van der Waals surface area (Å²) in [6.45, 7) is 2.51. The maximum atomic E-state index is 12.4. The smallest absolute Gasteiger partial charge is 0.374 e. The van der Waals surface area contributed by atoms with Crippen molar-refractivity contribution >= 4 is 5.65 Å². The van der Waals surface area contributed by atoms with Gasteiger partial charge in [-0.1, -0.05) is 0 Å². The summed E-state index contributed by atoms with van der Waals surface area (Å²) in [7, 11) is 0. The highest BCUT2D eigenvalue weighted by molar-refractivity contribution is 5.39. The average molecular weight is 245 g/mol. The largest absolute Gasteiger partial charge is 0.417 e. The van der Waals surface area contributed by atoms with Gasteiger partial charge in [-0.15, -0.1) is 5.10 Å². The van der Waals surface area contributed by atoms with Crippen LogP contribution < -0.4 is 0 Å². The molecule has 2 aromatic rings. The Hall–Kier alpha value is -1.63. The van der Waals surface area contributed by atoms with Crippen molar-refractivity contribution < 1.29 is 17.9 Å². The summed E-state index contributed by atoms with van der Waals surface area (Å²) in [4.78, 5) is 4.03. The van der Waals surface area contributed by atoms with E-state index in [1.54, 1.807) is 0 Å². The van der Waals surface area contributed by atoms with Gasteiger partial charge in [-0.25, -0.2) is 9.50 Å². The maximum absolute atomic E-state index is 12.4. The van der Waals surface area contributed by atoms with E-state index in [1.807, 2.05) is 6.92 Å². The van der Waals surface area contributed by atoms with Gasteiger partial charge < -0.3 is 4.74 Å². The molecule has 0 aliphatic rings. The summed E-state index contributed by atoms with van der Waals surface area (Å²) < 4.78 is 43.5. The quantitative estimate of drug-likeness (QED) is 0.832. The van der Waals surface area contributed by atoms with Crippen molar-refractivity contribution in [3.8, 4) is 0 Å². The number of fused-ring (bicyclic) bond motifs is 1. The third-order valence-corrected chi connectivity index (χ3v) is 2.14. The van der Waals surface area contributed by atoms with E-state index >= 15 is 0 Å². The van der Waals surface area contributed by atoms with Gasteiger partial charge in [-0.3, -0.25) is 0 Å². The number of hydrogen-bond acceptors (Lipinski definition) is 3. The molecular weight excluding hydrogens is 235 g/mol. The molecule has 0 aliphatic heterocycles. The second-order valence-corrected chi connectivity index (χ2v) is 3.38. The molecule has 0 atom stereocenters. The van der Waals surface area contributed by atoms with Crippen molar-refractivity contribution in [3.05, 3.63) is 29.7 Å². The van der Waals surface area contributed by atoms with Crippen LogP contribution in [0.15, 0.2) is 18.3 Å². The number of nitrogens with zero attached hydrogens (tertiary/aromatic N) is 3. The van der Waals surface area contributed by atoms with Crippen molar-refractivity contribution in [2.24, 2.45) is 0 Å².